The number of fused-ring (bicyclic) bond motifs is 2. The maximum absolute atomic E-state index is 11.7. The molecular formula is C20H24N2O. The molecule has 1 atom stereocenters. The predicted octanol–water partition coefficient (Wildman–Crippen LogP) is 3.70. The van der Waals surface area contributed by atoms with E-state index in [1.54, 1.807) is 0 Å². The van der Waals surface area contributed by atoms with Crippen molar-refractivity contribution in [3.05, 3.63) is 47.2 Å². The molecule has 4 rings (SSSR count). The van der Waals surface area contributed by atoms with E-state index in [9.17, 15) is 4.79 Å². The molecule has 0 N–H and O–H groups in total. The molecule has 0 amide bonds. The van der Waals surface area contributed by atoms with Crippen molar-refractivity contribution in [2.24, 2.45) is 5.92 Å². The van der Waals surface area contributed by atoms with Crippen molar-refractivity contribution in [1.82, 2.24) is 0 Å². The zero-order valence-electron chi connectivity index (χ0n) is 14.0. The summed E-state index contributed by atoms with van der Waals surface area (Å²) in [6.45, 7) is 1.06. The van der Waals surface area contributed by atoms with E-state index in [4.69, 9.17) is 0 Å². The van der Waals surface area contributed by atoms with E-state index in [1.165, 1.54) is 34.6 Å². The number of benzene rings is 1. The number of rotatable bonds is 2. The highest BCUT2D eigenvalue weighted by Crippen LogP contribution is 2.40. The third kappa shape index (κ3) is 2.58. The van der Waals surface area contributed by atoms with E-state index in [-0.39, 0.29) is 0 Å². The van der Waals surface area contributed by atoms with E-state index in [0.717, 1.165) is 32.2 Å². The van der Waals surface area contributed by atoms with E-state index in [1.807, 2.05) is 6.08 Å². The number of hydrogen-bond acceptors (Lipinski definition) is 3. The summed E-state index contributed by atoms with van der Waals surface area (Å²) < 4.78 is 0. The Balaban J connectivity index is 1.65. The second-order valence-electron chi connectivity index (χ2n) is 7.13. The molecule has 0 saturated carbocycles. The highest BCUT2D eigenvalue weighted by Gasteiger charge is 2.29. The second kappa shape index (κ2) is 5.55. The van der Waals surface area contributed by atoms with Crippen LogP contribution in [0.15, 0.2) is 41.6 Å². The molecular weight excluding hydrogens is 284 g/mol. The van der Waals surface area contributed by atoms with Crippen LogP contribution >= 0.6 is 0 Å². The second-order valence-corrected chi connectivity index (χ2v) is 7.13. The van der Waals surface area contributed by atoms with Crippen molar-refractivity contribution in [2.45, 2.75) is 32.1 Å². The molecule has 0 fully saturated rings. The molecule has 3 aliphatic rings. The molecule has 3 nitrogen and oxygen atoms in total. The van der Waals surface area contributed by atoms with Gasteiger partial charge in [0.15, 0.2) is 5.78 Å². The lowest BCUT2D eigenvalue weighted by molar-refractivity contribution is -0.115. The van der Waals surface area contributed by atoms with Crippen molar-refractivity contribution in [1.29, 1.82) is 0 Å². The third-order valence-corrected chi connectivity index (χ3v) is 5.44. The average Bonchev–Trinajstić information content (AvgIpc) is 2.97. The first-order valence-electron chi connectivity index (χ1n) is 8.64. The van der Waals surface area contributed by atoms with Crippen molar-refractivity contribution in [2.75, 3.05) is 30.4 Å². The average molecular weight is 308 g/mol. The Morgan fingerprint density at radius 1 is 1.09 bits per heavy atom. The fraction of sp³-hybridized carbons (Fsp3) is 0.450. The van der Waals surface area contributed by atoms with Crippen molar-refractivity contribution >= 4 is 17.2 Å². The summed E-state index contributed by atoms with van der Waals surface area (Å²) in [5.74, 6) is 0.904. The lowest BCUT2D eigenvalue weighted by Crippen LogP contribution is -2.25. The Kier molecular flexibility index (Phi) is 3.51. The summed E-state index contributed by atoms with van der Waals surface area (Å²) in [4.78, 5) is 16.3. The van der Waals surface area contributed by atoms with Crippen LogP contribution in [0.3, 0.4) is 0 Å². The van der Waals surface area contributed by atoms with Gasteiger partial charge in [-0.05, 0) is 73.1 Å². The molecule has 0 spiro atoms. The Hall–Kier alpha value is -2.03. The first-order valence-corrected chi connectivity index (χ1v) is 8.64. The Morgan fingerprint density at radius 2 is 1.91 bits per heavy atom. The van der Waals surface area contributed by atoms with Crippen molar-refractivity contribution in [3.63, 3.8) is 0 Å². The molecule has 0 radical (unpaired) electrons. The number of nitrogens with zero attached hydrogens (tertiary/aromatic N) is 2. The van der Waals surface area contributed by atoms with Gasteiger partial charge in [-0.2, -0.15) is 0 Å². The van der Waals surface area contributed by atoms with Gasteiger partial charge < -0.3 is 9.80 Å². The molecule has 23 heavy (non-hydrogen) atoms. The van der Waals surface area contributed by atoms with Gasteiger partial charge in [0.1, 0.15) is 0 Å². The van der Waals surface area contributed by atoms with Crippen LogP contribution in [0.1, 0.15) is 31.2 Å². The van der Waals surface area contributed by atoms with Gasteiger partial charge in [-0.3, -0.25) is 4.79 Å². The summed E-state index contributed by atoms with van der Waals surface area (Å²) in [6.07, 6.45) is 9.38. The number of carbonyl (C=O) groups excluding carboxylic acids is 1. The van der Waals surface area contributed by atoms with Crippen molar-refractivity contribution < 1.29 is 4.79 Å². The number of hydrogen-bond donors (Lipinski definition) is 0. The standard InChI is InChI=1S/C20H24N2O/c1-21(2)17-6-8-20-15(11-17)9-10-22(20)18-5-3-14-4-7-19(23)13-16(14)12-18/h6,8,11-14H,3-5,7,9-10H2,1-2H3. The maximum atomic E-state index is 11.7. The highest BCUT2D eigenvalue weighted by atomic mass is 16.1. The fourth-order valence-corrected chi connectivity index (χ4v) is 4.09. The number of anilines is 2. The minimum absolute atomic E-state index is 0.297. The van der Waals surface area contributed by atoms with Gasteiger partial charge in [0.2, 0.25) is 0 Å². The first kappa shape index (κ1) is 14.6. The summed E-state index contributed by atoms with van der Waals surface area (Å²) in [5.41, 5.74) is 6.71. The van der Waals surface area contributed by atoms with E-state index >= 15 is 0 Å². The number of allylic oxidation sites excluding steroid dienone is 4. The SMILES string of the molecule is CN(C)c1ccc2c(c1)CCN2C1=CC2=CC(=O)CCC2CC1. The van der Waals surface area contributed by atoms with Gasteiger partial charge in [-0.25, -0.2) is 0 Å². The van der Waals surface area contributed by atoms with Gasteiger partial charge in [0, 0.05) is 44.1 Å². The van der Waals surface area contributed by atoms with Crippen LogP contribution in [0.4, 0.5) is 11.4 Å². The molecule has 1 unspecified atom stereocenters. The first-order chi connectivity index (χ1) is 11.1. The van der Waals surface area contributed by atoms with Crippen LogP contribution in [-0.4, -0.2) is 26.4 Å². The molecule has 0 saturated heterocycles. The van der Waals surface area contributed by atoms with Gasteiger partial charge in [0.05, 0.1) is 0 Å². The van der Waals surface area contributed by atoms with Crippen LogP contribution in [0.25, 0.3) is 0 Å². The number of carbonyl (C=O) groups is 1. The summed E-state index contributed by atoms with van der Waals surface area (Å²) >= 11 is 0. The lowest BCUT2D eigenvalue weighted by Gasteiger charge is -2.32. The molecule has 1 aromatic rings. The van der Waals surface area contributed by atoms with Crippen LogP contribution in [0.2, 0.25) is 0 Å². The summed E-state index contributed by atoms with van der Waals surface area (Å²) in [6, 6.07) is 6.77. The Bertz CT molecular complexity index is 714. The Labute approximate surface area is 138 Å². The molecule has 2 aliphatic carbocycles. The quantitative estimate of drug-likeness (QED) is 0.832. The van der Waals surface area contributed by atoms with E-state index < -0.39 is 0 Å². The lowest BCUT2D eigenvalue weighted by atomic mass is 9.79. The van der Waals surface area contributed by atoms with Crippen LogP contribution in [0.5, 0.6) is 0 Å². The van der Waals surface area contributed by atoms with Crippen LogP contribution < -0.4 is 9.80 Å². The number of ketones is 1. The third-order valence-electron chi connectivity index (χ3n) is 5.44. The van der Waals surface area contributed by atoms with E-state index in [0.29, 0.717) is 11.7 Å². The monoisotopic (exact) mass is 308 g/mol. The molecule has 1 aromatic carbocycles. The van der Waals surface area contributed by atoms with Crippen molar-refractivity contribution in [3.8, 4) is 0 Å². The zero-order valence-corrected chi connectivity index (χ0v) is 14.0. The minimum Gasteiger partial charge on any atom is -0.378 e. The molecule has 0 aromatic heterocycles. The minimum atomic E-state index is 0.297. The van der Waals surface area contributed by atoms with Gasteiger partial charge in [0.25, 0.3) is 0 Å². The van der Waals surface area contributed by atoms with Crippen LogP contribution in [0, 0.1) is 5.92 Å². The zero-order chi connectivity index (χ0) is 16.0. The van der Waals surface area contributed by atoms with Crippen LogP contribution in [-0.2, 0) is 11.2 Å². The molecule has 1 aliphatic heterocycles. The molecule has 120 valence electrons. The molecule has 0 bridgehead atoms. The topological polar surface area (TPSA) is 23.6 Å². The highest BCUT2D eigenvalue weighted by molar-refractivity contribution is 5.92. The Morgan fingerprint density at radius 3 is 2.74 bits per heavy atom. The van der Waals surface area contributed by atoms with Gasteiger partial charge in [-0.1, -0.05) is 0 Å². The van der Waals surface area contributed by atoms with E-state index in [2.05, 4.69) is 48.2 Å². The fourth-order valence-electron chi connectivity index (χ4n) is 4.09. The normalized spacial score (nSPS) is 23.1. The molecule has 1 heterocycles. The maximum Gasteiger partial charge on any atom is 0.155 e. The predicted molar refractivity (Wildman–Crippen MR) is 95.0 cm³/mol. The van der Waals surface area contributed by atoms with Gasteiger partial charge in [-0.15, -0.1) is 0 Å². The van der Waals surface area contributed by atoms with Gasteiger partial charge >= 0.3 is 0 Å². The summed E-state index contributed by atoms with van der Waals surface area (Å²) in [5, 5.41) is 0. The smallest absolute Gasteiger partial charge is 0.155 e. The summed E-state index contributed by atoms with van der Waals surface area (Å²) in [7, 11) is 4.18. The largest absolute Gasteiger partial charge is 0.378 e. The molecule has 3 heteroatoms.